The van der Waals surface area contributed by atoms with Crippen molar-refractivity contribution in [2.45, 2.75) is 81.6 Å². The summed E-state index contributed by atoms with van der Waals surface area (Å²) in [5, 5.41) is 0. The number of nitrogens with zero attached hydrogens (tertiary/aromatic N) is 1. The lowest BCUT2D eigenvalue weighted by atomic mass is 9.93. The van der Waals surface area contributed by atoms with Gasteiger partial charge in [-0.1, -0.05) is 152 Å². The van der Waals surface area contributed by atoms with Crippen molar-refractivity contribution in [2.75, 3.05) is 6.54 Å². The van der Waals surface area contributed by atoms with Crippen LogP contribution in [-0.4, -0.2) is 12.8 Å². The first-order valence-electron chi connectivity index (χ1n) is 14.9. The molecule has 1 heterocycles. The molecule has 0 aromatic heterocycles. The summed E-state index contributed by atoms with van der Waals surface area (Å²) in [7, 11) is 0. The van der Waals surface area contributed by atoms with Gasteiger partial charge in [0, 0.05) is 6.21 Å². The van der Waals surface area contributed by atoms with Crippen molar-refractivity contribution < 1.29 is 0 Å². The normalized spacial score (nSPS) is 19.2. The van der Waals surface area contributed by atoms with E-state index in [2.05, 4.69) is 144 Å². The maximum atomic E-state index is 4.21. The smallest absolute Gasteiger partial charge is 0.0573 e. The van der Waals surface area contributed by atoms with Crippen LogP contribution in [-0.2, 0) is 0 Å². The van der Waals surface area contributed by atoms with E-state index in [4.69, 9.17) is 0 Å². The van der Waals surface area contributed by atoms with E-state index in [-0.39, 0.29) is 0 Å². The Morgan fingerprint density at radius 3 is 1.88 bits per heavy atom. The molecule has 2 rings (SSSR count). The third-order valence-electron chi connectivity index (χ3n) is 5.93. The van der Waals surface area contributed by atoms with Crippen LogP contribution < -0.4 is 0 Å². The molecule has 40 heavy (non-hydrogen) atoms. The predicted octanol–water partition coefficient (Wildman–Crippen LogP) is 11.9. The molecular formula is C39H55N. The van der Waals surface area contributed by atoms with E-state index < -0.39 is 0 Å². The molecule has 0 saturated carbocycles. The minimum absolute atomic E-state index is 0.755. The summed E-state index contributed by atoms with van der Waals surface area (Å²) in [6.45, 7) is 19.7. The van der Waals surface area contributed by atoms with E-state index in [1.165, 1.54) is 41.6 Å². The third-order valence-corrected chi connectivity index (χ3v) is 5.93. The zero-order valence-corrected chi connectivity index (χ0v) is 26.8. The first kappa shape index (κ1) is 36.6. The van der Waals surface area contributed by atoms with E-state index >= 15 is 0 Å². The average molecular weight is 538 g/mol. The molecule has 0 N–H and O–H groups in total. The van der Waals surface area contributed by atoms with Gasteiger partial charge < -0.3 is 0 Å². The van der Waals surface area contributed by atoms with Gasteiger partial charge in [-0.25, -0.2) is 0 Å². The lowest BCUT2D eigenvalue weighted by Crippen LogP contribution is -1.97. The molecule has 0 fully saturated rings. The largest absolute Gasteiger partial charge is 0.289 e. The van der Waals surface area contributed by atoms with Crippen molar-refractivity contribution in [2.24, 2.45) is 10.9 Å². The molecule has 0 spiro atoms. The summed E-state index contributed by atoms with van der Waals surface area (Å²) in [5.41, 5.74) is 7.62. The lowest BCUT2D eigenvalue weighted by molar-refractivity contribution is 0.568. The molecule has 1 heteroatoms. The van der Waals surface area contributed by atoms with Gasteiger partial charge in [0.05, 0.1) is 6.54 Å². The molecule has 1 unspecified atom stereocenters. The van der Waals surface area contributed by atoms with Gasteiger partial charge in [0.2, 0.25) is 0 Å². The number of hydrogen-bond donors (Lipinski definition) is 0. The lowest BCUT2D eigenvalue weighted by Gasteiger charge is -2.13. The van der Waals surface area contributed by atoms with Crippen molar-refractivity contribution in [3.63, 3.8) is 0 Å². The van der Waals surface area contributed by atoms with Crippen LogP contribution >= 0.6 is 0 Å². The Morgan fingerprint density at radius 1 is 0.800 bits per heavy atom. The second-order valence-electron chi connectivity index (χ2n) is 10.0. The van der Waals surface area contributed by atoms with Crippen LogP contribution in [0.2, 0.25) is 0 Å². The number of hydrogen-bond acceptors (Lipinski definition) is 1. The Bertz CT molecular complexity index is 1110. The van der Waals surface area contributed by atoms with Crippen LogP contribution in [0, 0.1) is 5.92 Å². The highest BCUT2D eigenvalue weighted by atomic mass is 14.7. The van der Waals surface area contributed by atoms with Gasteiger partial charge in [0.25, 0.3) is 0 Å². The molecule has 0 bridgehead atoms. The Kier molecular flexibility index (Phi) is 22.5. The topological polar surface area (TPSA) is 12.4 Å². The molecule has 0 aromatic carbocycles. The minimum Gasteiger partial charge on any atom is -0.289 e. The van der Waals surface area contributed by atoms with Gasteiger partial charge in [0.1, 0.15) is 0 Å². The Hall–Kier alpha value is -3.45. The van der Waals surface area contributed by atoms with Crippen LogP contribution in [0.15, 0.2) is 148 Å². The summed E-state index contributed by atoms with van der Waals surface area (Å²) >= 11 is 0. The van der Waals surface area contributed by atoms with Crippen LogP contribution in [0.4, 0.5) is 0 Å². The van der Waals surface area contributed by atoms with E-state index in [9.17, 15) is 0 Å². The first-order valence-corrected chi connectivity index (χ1v) is 14.9. The Labute approximate surface area is 247 Å². The van der Waals surface area contributed by atoms with E-state index in [0.29, 0.717) is 0 Å². The Morgan fingerprint density at radius 2 is 1.35 bits per heavy atom. The molecule has 0 radical (unpaired) electrons. The average Bonchev–Trinajstić information content (AvgIpc) is 3.20. The highest BCUT2D eigenvalue weighted by Crippen LogP contribution is 2.21. The van der Waals surface area contributed by atoms with Crippen molar-refractivity contribution in [1.82, 2.24) is 0 Å². The van der Waals surface area contributed by atoms with Crippen LogP contribution in [0.25, 0.3) is 0 Å². The second-order valence-corrected chi connectivity index (χ2v) is 10.0. The standard InChI is InChI=1S/C29H35N.C8H14.C2H6/c1-6-12-25(2)15-9-16-26(3)13-7-8-14-27(4)17-10-18-28(5)20-21-29-19-11-23-30-24-22-29;1-7-4-3-5-8(2)6-7;1-2/h6-22,24H,23H2,1-5H3;6-7H,3-5H2,1-2H3;1-2H3/b8-7+,12-6+,16-9+,17-10+,21-20+,25-15+,26-13+,27-14+,28-18+;;. The van der Waals surface area contributed by atoms with Gasteiger partial charge in [-0.15, -0.1) is 0 Å². The summed E-state index contributed by atoms with van der Waals surface area (Å²) in [6.07, 6.45) is 43.9. The van der Waals surface area contributed by atoms with Crippen molar-refractivity contribution in [3.8, 4) is 0 Å². The minimum atomic E-state index is 0.755. The summed E-state index contributed by atoms with van der Waals surface area (Å²) < 4.78 is 0. The summed E-state index contributed by atoms with van der Waals surface area (Å²) in [6, 6.07) is 0. The summed E-state index contributed by atoms with van der Waals surface area (Å²) in [4.78, 5) is 4.21. The monoisotopic (exact) mass is 537 g/mol. The maximum Gasteiger partial charge on any atom is 0.0573 e. The molecule has 216 valence electrons. The number of aliphatic imine (C=N–C) groups is 1. The molecule has 2 aliphatic rings. The predicted molar refractivity (Wildman–Crippen MR) is 185 cm³/mol. The fourth-order valence-corrected chi connectivity index (χ4v) is 3.80. The van der Waals surface area contributed by atoms with Gasteiger partial charge in [0.15, 0.2) is 0 Å². The molecule has 0 saturated heterocycles. The fraction of sp³-hybridized carbons (Fsp3) is 0.359. The molecule has 1 nitrogen and oxygen atoms in total. The van der Waals surface area contributed by atoms with Gasteiger partial charge in [-0.2, -0.15) is 0 Å². The molecule has 1 atom stereocenters. The zero-order chi connectivity index (χ0) is 30.0. The molecule has 0 amide bonds. The number of rotatable bonds is 9. The quantitative estimate of drug-likeness (QED) is 0.205. The number of allylic oxidation sites excluding steroid dienone is 23. The van der Waals surface area contributed by atoms with Crippen LogP contribution in [0.5, 0.6) is 0 Å². The van der Waals surface area contributed by atoms with Crippen molar-refractivity contribution >= 4 is 6.21 Å². The van der Waals surface area contributed by atoms with Gasteiger partial charge in [-0.3, -0.25) is 4.99 Å². The molecular weight excluding hydrogens is 482 g/mol. The fourth-order valence-electron chi connectivity index (χ4n) is 3.80. The van der Waals surface area contributed by atoms with Crippen molar-refractivity contribution in [3.05, 3.63) is 143 Å². The van der Waals surface area contributed by atoms with E-state index in [0.717, 1.165) is 18.0 Å². The van der Waals surface area contributed by atoms with Crippen LogP contribution in [0.3, 0.4) is 0 Å². The maximum absolute atomic E-state index is 4.21. The summed E-state index contributed by atoms with van der Waals surface area (Å²) in [5.74, 6) is 0.851. The second kappa shape index (κ2) is 24.6. The van der Waals surface area contributed by atoms with Gasteiger partial charge in [-0.05, 0) is 78.4 Å². The SMILES string of the molecule is C/C=C/C(C)=C/C=C/C(C)=C/C=C/C=C(C)/C=C/C=C(C)/C=C/C1=CC=NCC=C1.CC.CC1=CC(C)CCC1. The highest BCUT2D eigenvalue weighted by Gasteiger charge is 2.04. The highest BCUT2D eigenvalue weighted by molar-refractivity contribution is 5.74. The van der Waals surface area contributed by atoms with E-state index in [1.54, 1.807) is 5.57 Å². The van der Waals surface area contributed by atoms with E-state index in [1.807, 2.05) is 39.1 Å². The zero-order valence-electron chi connectivity index (χ0n) is 26.8. The molecule has 0 aromatic rings. The molecule has 1 aliphatic heterocycles. The van der Waals surface area contributed by atoms with Crippen LogP contribution in [0.1, 0.15) is 81.6 Å². The van der Waals surface area contributed by atoms with Crippen molar-refractivity contribution in [1.29, 1.82) is 0 Å². The Balaban J connectivity index is 0.00000128. The van der Waals surface area contributed by atoms with Gasteiger partial charge >= 0.3 is 0 Å². The molecule has 1 aliphatic carbocycles. The third kappa shape index (κ3) is 21.5. The first-order chi connectivity index (χ1) is 19.3.